The van der Waals surface area contributed by atoms with E-state index in [1.807, 2.05) is 6.07 Å². The summed E-state index contributed by atoms with van der Waals surface area (Å²) in [4.78, 5) is 13.8. The van der Waals surface area contributed by atoms with Gasteiger partial charge in [-0.3, -0.25) is 0 Å². The second-order valence-corrected chi connectivity index (χ2v) is 4.81. The van der Waals surface area contributed by atoms with Crippen molar-refractivity contribution in [2.45, 2.75) is 0 Å². The first-order valence-corrected chi connectivity index (χ1v) is 6.62. The summed E-state index contributed by atoms with van der Waals surface area (Å²) >= 11 is 0. The molecule has 0 radical (unpaired) electrons. The molecule has 8 nitrogen and oxygen atoms in total. The molecule has 0 aliphatic rings. The first-order chi connectivity index (χ1) is 10.9. The van der Waals surface area contributed by atoms with Crippen LogP contribution in [0.4, 0.5) is 11.9 Å². The molecule has 0 fully saturated rings. The van der Waals surface area contributed by atoms with Gasteiger partial charge in [0.05, 0.1) is 12.7 Å². The number of methoxy groups -OCH3 is 1. The lowest BCUT2D eigenvalue weighted by Crippen LogP contribution is -2.15. The molecule has 0 unspecified atom stereocenters. The predicted molar refractivity (Wildman–Crippen MR) is 86.7 cm³/mol. The molecule has 0 bridgehead atoms. The molecule has 0 aliphatic heterocycles. The summed E-state index contributed by atoms with van der Waals surface area (Å²) in [7, 11) is 4.98. The molecule has 1 heterocycles. The number of aromatic nitrogens is 3. The van der Waals surface area contributed by atoms with Crippen LogP contribution in [0.25, 0.3) is 11.6 Å². The SMILES string of the molecule is COc1ccc(/C=C(/C#N)c2nc(N)nc(N(C)C)n2)cc1O. The number of nitriles is 1. The van der Waals surface area contributed by atoms with E-state index in [0.717, 1.165) is 0 Å². The highest BCUT2D eigenvalue weighted by atomic mass is 16.5. The summed E-state index contributed by atoms with van der Waals surface area (Å²) in [5.41, 5.74) is 6.47. The maximum absolute atomic E-state index is 9.80. The minimum absolute atomic E-state index is 0.0253. The Hall–Kier alpha value is -3.34. The number of benzene rings is 1. The van der Waals surface area contributed by atoms with Gasteiger partial charge in [0.25, 0.3) is 0 Å². The normalized spacial score (nSPS) is 11.0. The smallest absolute Gasteiger partial charge is 0.230 e. The highest BCUT2D eigenvalue weighted by Crippen LogP contribution is 2.28. The van der Waals surface area contributed by atoms with Gasteiger partial charge in [0.15, 0.2) is 17.3 Å². The van der Waals surface area contributed by atoms with Crippen LogP contribution in [-0.4, -0.2) is 41.3 Å². The van der Waals surface area contributed by atoms with Crippen LogP contribution in [0.1, 0.15) is 11.4 Å². The zero-order valence-corrected chi connectivity index (χ0v) is 13.0. The number of nitrogens with two attached hydrogens (primary N) is 1. The molecular weight excluding hydrogens is 296 g/mol. The van der Waals surface area contributed by atoms with Crippen molar-refractivity contribution in [3.8, 4) is 17.6 Å². The zero-order valence-electron chi connectivity index (χ0n) is 13.0. The van der Waals surface area contributed by atoms with E-state index >= 15 is 0 Å². The van der Waals surface area contributed by atoms with Crippen LogP contribution in [0.2, 0.25) is 0 Å². The Morgan fingerprint density at radius 2 is 2.09 bits per heavy atom. The molecule has 2 aromatic rings. The number of hydrogen-bond donors (Lipinski definition) is 2. The summed E-state index contributed by atoms with van der Waals surface area (Å²) < 4.78 is 4.98. The topological polar surface area (TPSA) is 121 Å². The maximum Gasteiger partial charge on any atom is 0.230 e. The van der Waals surface area contributed by atoms with Crippen molar-refractivity contribution in [1.82, 2.24) is 15.0 Å². The van der Waals surface area contributed by atoms with Crippen LogP contribution in [0.3, 0.4) is 0 Å². The molecule has 0 atom stereocenters. The lowest BCUT2D eigenvalue weighted by atomic mass is 10.1. The Morgan fingerprint density at radius 1 is 1.35 bits per heavy atom. The van der Waals surface area contributed by atoms with E-state index in [4.69, 9.17) is 10.5 Å². The van der Waals surface area contributed by atoms with E-state index in [-0.39, 0.29) is 23.1 Å². The number of anilines is 2. The average molecular weight is 312 g/mol. The Morgan fingerprint density at radius 3 is 2.65 bits per heavy atom. The van der Waals surface area contributed by atoms with Crippen molar-refractivity contribution in [2.24, 2.45) is 0 Å². The second kappa shape index (κ2) is 6.62. The average Bonchev–Trinajstić information content (AvgIpc) is 2.52. The fourth-order valence-electron chi connectivity index (χ4n) is 1.81. The van der Waals surface area contributed by atoms with Gasteiger partial charge < -0.3 is 20.5 Å². The van der Waals surface area contributed by atoms with Gasteiger partial charge in [-0.1, -0.05) is 6.07 Å². The molecular formula is C15H16N6O2. The van der Waals surface area contributed by atoms with E-state index in [9.17, 15) is 10.4 Å². The first-order valence-electron chi connectivity index (χ1n) is 6.62. The number of hydrogen-bond acceptors (Lipinski definition) is 8. The van der Waals surface area contributed by atoms with Gasteiger partial charge >= 0.3 is 0 Å². The number of ether oxygens (including phenoxy) is 1. The van der Waals surface area contributed by atoms with Gasteiger partial charge in [-0.05, 0) is 23.8 Å². The van der Waals surface area contributed by atoms with Crippen LogP contribution in [0.5, 0.6) is 11.5 Å². The fraction of sp³-hybridized carbons (Fsp3) is 0.200. The third-order valence-electron chi connectivity index (χ3n) is 2.92. The molecule has 1 aromatic carbocycles. The number of phenolic OH excluding ortho intramolecular Hbond substituents is 1. The largest absolute Gasteiger partial charge is 0.504 e. The highest BCUT2D eigenvalue weighted by molar-refractivity contribution is 5.87. The van der Waals surface area contributed by atoms with Crippen molar-refractivity contribution < 1.29 is 9.84 Å². The molecule has 3 N–H and O–H groups in total. The van der Waals surface area contributed by atoms with Gasteiger partial charge in [-0.15, -0.1) is 0 Å². The molecule has 0 saturated carbocycles. The zero-order chi connectivity index (χ0) is 17.0. The number of allylic oxidation sites excluding steroid dienone is 1. The standard InChI is InChI=1S/C15H16N6O2/c1-21(2)15-19-13(18-14(17)20-15)10(8-16)6-9-4-5-12(23-3)11(22)7-9/h4-7,22H,1-3H3,(H2,17,18,19,20)/b10-6-. The number of nitrogen functional groups attached to an aromatic ring is 1. The molecule has 118 valence electrons. The minimum Gasteiger partial charge on any atom is -0.504 e. The van der Waals surface area contributed by atoms with Crippen LogP contribution in [0.15, 0.2) is 18.2 Å². The van der Waals surface area contributed by atoms with Gasteiger partial charge in [0.2, 0.25) is 11.9 Å². The summed E-state index contributed by atoms with van der Waals surface area (Å²) in [6, 6.07) is 6.81. The summed E-state index contributed by atoms with van der Waals surface area (Å²) in [5, 5.41) is 19.2. The molecule has 0 saturated heterocycles. The van der Waals surface area contributed by atoms with Crippen LogP contribution in [-0.2, 0) is 0 Å². The van der Waals surface area contributed by atoms with E-state index in [1.54, 1.807) is 37.2 Å². The Bertz CT molecular complexity index is 795. The number of nitrogens with zero attached hydrogens (tertiary/aromatic N) is 5. The summed E-state index contributed by atoms with van der Waals surface area (Å²) in [6.07, 6.45) is 1.55. The predicted octanol–water partition coefficient (Wildman–Crippen LogP) is 1.30. The number of phenols is 1. The first kappa shape index (κ1) is 16.0. The second-order valence-electron chi connectivity index (χ2n) is 4.81. The van der Waals surface area contributed by atoms with Gasteiger partial charge in [-0.25, -0.2) is 0 Å². The molecule has 0 spiro atoms. The lowest BCUT2D eigenvalue weighted by molar-refractivity contribution is 0.373. The lowest BCUT2D eigenvalue weighted by Gasteiger charge is -2.11. The fourth-order valence-corrected chi connectivity index (χ4v) is 1.81. The van der Waals surface area contributed by atoms with E-state index in [2.05, 4.69) is 15.0 Å². The number of aromatic hydroxyl groups is 1. The van der Waals surface area contributed by atoms with E-state index < -0.39 is 0 Å². The quantitative estimate of drug-likeness (QED) is 0.810. The molecule has 2 rings (SSSR count). The third-order valence-corrected chi connectivity index (χ3v) is 2.92. The summed E-state index contributed by atoms with van der Waals surface area (Å²) in [5.74, 6) is 0.866. The van der Waals surface area contributed by atoms with Gasteiger partial charge in [0.1, 0.15) is 6.07 Å². The van der Waals surface area contributed by atoms with E-state index in [1.165, 1.54) is 13.2 Å². The van der Waals surface area contributed by atoms with Crippen molar-refractivity contribution in [2.75, 3.05) is 31.8 Å². The molecule has 8 heteroatoms. The van der Waals surface area contributed by atoms with Crippen LogP contribution in [0, 0.1) is 11.3 Å². The van der Waals surface area contributed by atoms with Crippen LogP contribution < -0.4 is 15.4 Å². The van der Waals surface area contributed by atoms with Crippen molar-refractivity contribution >= 4 is 23.5 Å². The molecule has 1 aromatic heterocycles. The monoisotopic (exact) mass is 312 g/mol. The molecule has 0 aliphatic carbocycles. The van der Waals surface area contributed by atoms with Crippen LogP contribution >= 0.6 is 0 Å². The van der Waals surface area contributed by atoms with Crippen molar-refractivity contribution in [1.29, 1.82) is 5.26 Å². The Balaban J connectivity index is 2.48. The highest BCUT2D eigenvalue weighted by Gasteiger charge is 2.11. The summed E-state index contributed by atoms with van der Waals surface area (Å²) in [6.45, 7) is 0. The number of rotatable bonds is 4. The maximum atomic E-state index is 9.80. The Kier molecular flexibility index (Phi) is 4.61. The minimum atomic E-state index is -0.0253. The van der Waals surface area contributed by atoms with Crippen molar-refractivity contribution in [3.63, 3.8) is 0 Å². The Labute approximate surface area is 133 Å². The molecule has 23 heavy (non-hydrogen) atoms. The van der Waals surface area contributed by atoms with E-state index in [0.29, 0.717) is 17.3 Å². The van der Waals surface area contributed by atoms with Gasteiger partial charge in [-0.2, -0.15) is 20.2 Å². The van der Waals surface area contributed by atoms with Gasteiger partial charge in [0, 0.05) is 14.1 Å². The van der Waals surface area contributed by atoms with Crippen molar-refractivity contribution in [3.05, 3.63) is 29.6 Å². The third kappa shape index (κ3) is 3.65. The molecule has 0 amide bonds.